The van der Waals surface area contributed by atoms with Gasteiger partial charge in [-0.3, -0.25) is 4.79 Å². The van der Waals surface area contributed by atoms with Crippen LogP contribution in [-0.2, 0) is 4.79 Å². The molecule has 0 aromatic heterocycles. The summed E-state index contributed by atoms with van der Waals surface area (Å²) >= 11 is 0. The SMILES string of the molecule is COc1ccc(OC)c(/C=C/C(=O)Nc2ccccc2N2CCCC2)c1. The summed E-state index contributed by atoms with van der Waals surface area (Å²) in [5.41, 5.74) is 2.70. The van der Waals surface area contributed by atoms with E-state index in [-0.39, 0.29) is 5.91 Å². The van der Waals surface area contributed by atoms with Gasteiger partial charge in [0.15, 0.2) is 0 Å². The number of benzene rings is 2. The molecular formula is C21H24N2O3. The number of rotatable bonds is 6. The molecule has 0 unspecified atom stereocenters. The summed E-state index contributed by atoms with van der Waals surface area (Å²) in [6, 6.07) is 13.4. The van der Waals surface area contributed by atoms with E-state index in [1.54, 1.807) is 20.3 Å². The Morgan fingerprint density at radius 3 is 2.58 bits per heavy atom. The zero-order valence-electron chi connectivity index (χ0n) is 15.2. The van der Waals surface area contributed by atoms with Crippen LogP contribution in [-0.4, -0.2) is 33.2 Å². The highest BCUT2D eigenvalue weighted by molar-refractivity contribution is 6.04. The minimum Gasteiger partial charge on any atom is -0.497 e. The highest BCUT2D eigenvalue weighted by Gasteiger charge is 2.16. The lowest BCUT2D eigenvalue weighted by Crippen LogP contribution is -2.20. The van der Waals surface area contributed by atoms with Crippen molar-refractivity contribution in [3.05, 3.63) is 54.1 Å². The predicted molar refractivity (Wildman–Crippen MR) is 105 cm³/mol. The van der Waals surface area contributed by atoms with Crippen LogP contribution in [0.3, 0.4) is 0 Å². The average molecular weight is 352 g/mol. The Morgan fingerprint density at radius 1 is 1.08 bits per heavy atom. The van der Waals surface area contributed by atoms with E-state index in [9.17, 15) is 4.79 Å². The number of hydrogen-bond acceptors (Lipinski definition) is 4. The van der Waals surface area contributed by atoms with Crippen LogP contribution in [0.2, 0.25) is 0 Å². The Bertz CT molecular complexity index is 796. The van der Waals surface area contributed by atoms with Gasteiger partial charge in [0.2, 0.25) is 5.91 Å². The fourth-order valence-corrected chi connectivity index (χ4v) is 3.12. The molecule has 1 aliphatic heterocycles. The molecule has 0 bridgehead atoms. The number of ether oxygens (including phenoxy) is 2. The minimum absolute atomic E-state index is 0.179. The first-order valence-electron chi connectivity index (χ1n) is 8.76. The average Bonchev–Trinajstić information content (AvgIpc) is 3.21. The Balaban J connectivity index is 1.74. The third kappa shape index (κ3) is 4.17. The Labute approximate surface area is 154 Å². The van der Waals surface area contributed by atoms with Crippen molar-refractivity contribution in [3.63, 3.8) is 0 Å². The summed E-state index contributed by atoms with van der Waals surface area (Å²) in [7, 11) is 3.21. The normalized spacial score (nSPS) is 13.8. The number of carbonyl (C=O) groups is 1. The van der Waals surface area contributed by atoms with Crippen LogP contribution in [0.1, 0.15) is 18.4 Å². The van der Waals surface area contributed by atoms with Gasteiger partial charge >= 0.3 is 0 Å². The van der Waals surface area contributed by atoms with E-state index in [1.807, 2.05) is 36.4 Å². The van der Waals surface area contributed by atoms with Gasteiger partial charge in [0.1, 0.15) is 11.5 Å². The first-order valence-corrected chi connectivity index (χ1v) is 8.76. The number of carbonyl (C=O) groups excluding carboxylic acids is 1. The third-order valence-electron chi connectivity index (χ3n) is 4.46. The van der Waals surface area contributed by atoms with E-state index in [0.717, 1.165) is 30.0 Å². The van der Waals surface area contributed by atoms with E-state index in [1.165, 1.54) is 18.9 Å². The monoisotopic (exact) mass is 352 g/mol. The Kier molecular flexibility index (Phi) is 5.79. The molecule has 1 amide bonds. The molecule has 136 valence electrons. The van der Waals surface area contributed by atoms with Crippen molar-refractivity contribution >= 4 is 23.4 Å². The number of nitrogens with zero attached hydrogens (tertiary/aromatic N) is 1. The molecule has 26 heavy (non-hydrogen) atoms. The Morgan fingerprint density at radius 2 is 1.85 bits per heavy atom. The lowest BCUT2D eigenvalue weighted by molar-refractivity contribution is -0.111. The van der Waals surface area contributed by atoms with Crippen LogP contribution >= 0.6 is 0 Å². The quantitative estimate of drug-likeness (QED) is 0.800. The zero-order chi connectivity index (χ0) is 18.4. The van der Waals surface area contributed by atoms with Crippen molar-refractivity contribution in [3.8, 4) is 11.5 Å². The molecule has 0 atom stereocenters. The number of hydrogen-bond donors (Lipinski definition) is 1. The highest BCUT2D eigenvalue weighted by Crippen LogP contribution is 2.29. The van der Waals surface area contributed by atoms with Gasteiger partial charge in [0.05, 0.1) is 25.6 Å². The van der Waals surface area contributed by atoms with Gasteiger partial charge in [-0.15, -0.1) is 0 Å². The summed E-state index contributed by atoms with van der Waals surface area (Å²) in [6.07, 6.45) is 5.63. The molecule has 1 N–H and O–H groups in total. The molecule has 3 rings (SSSR count). The van der Waals surface area contributed by atoms with Crippen LogP contribution in [0.5, 0.6) is 11.5 Å². The molecule has 2 aromatic rings. The second-order valence-corrected chi connectivity index (χ2v) is 6.14. The number of amides is 1. The van der Waals surface area contributed by atoms with Crippen molar-refractivity contribution in [2.75, 3.05) is 37.5 Å². The molecule has 1 saturated heterocycles. The summed E-state index contributed by atoms with van der Waals surface area (Å²) in [5.74, 6) is 1.22. The van der Waals surface area contributed by atoms with Crippen LogP contribution in [0, 0.1) is 0 Å². The van der Waals surface area contributed by atoms with E-state index >= 15 is 0 Å². The number of para-hydroxylation sites is 2. The van der Waals surface area contributed by atoms with Gasteiger partial charge in [0, 0.05) is 24.7 Å². The largest absolute Gasteiger partial charge is 0.497 e. The maximum Gasteiger partial charge on any atom is 0.248 e. The summed E-state index contributed by atoms with van der Waals surface area (Å²) < 4.78 is 10.6. The van der Waals surface area contributed by atoms with Crippen LogP contribution in [0.4, 0.5) is 11.4 Å². The van der Waals surface area contributed by atoms with Crippen molar-refractivity contribution in [1.29, 1.82) is 0 Å². The van der Waals surface area contributed by atoms with E-state index in [2.05, 4.69) is 16.3 Å². The molecular weight excluding hydrogens is 328 g/mol. The molecule has 0 saturated carbocycles. The zero-order valence-corrected chi connectivity index (χ0v) is 15.2. The smallest absolute Gasteiger partial charge is 0.248 e. The molecule has 2 aromatic carbocycles. The maximum absolute atomic E-state index is 12.4. The molecule has 1 aliphatic rings. The van der Waals surface area contributed by atoms with Crippen LogP contribution in [0.15, 0.2) is 48.5 Å². The second-order valence-electron chi connectivity index (χ2n) is 6.14. The van der Waals surface area contributed by atoms with E-state index in [0.29, 0.717) is 11.5 Å². The van der Waals surface area contributed by atoms with Gasteiger partial charge < -0.3 is 19.7 Å². The van der Waals surface area contributed by atoms with Crippen molar-refractivity contribution in [1.82, 2.24) is 0 Å². The molecule has 0 radical (unpaired) electrons. The summed E-state index contributed by atoms with van der Waals surface area (Å²) in [4.78, 5) is 14.7. The summed E-state index contributed by atoms with van der Waals surface area (Å²) in [6.45, 7) is 2.06. The molecule has 0 aliphatic carbocycles. The van der Waals surface area contributed by atoms with Crippen LogP contribution < -0.4 is 19.7 Å². The second kappa shape index (κ2) is 8.43. The van der Waals surface area contributed by atoms with E-state index < -0.39 is 0 Å². The van der Waals surface area contributed by atoms with Gasteiger partial charge in [0.25, 0.3) is 0 Å². The van der Waals surface area contributed by atoms with E-state index in [4.69, 9.17) is 9.47 Å². The van der Waals surface area contributed by atoms with Gasteiger partial charge in [-0.05, 0) is 49.2 Å². The molecule has 0 spiro atoms. The van der Waals surface area contributed by atoms with Crippen LogP contribution in [0.25, 0.3) is 6.08 Å². The predicted octanol–water partition coefficient (Wildman–Crippen LogP) is 3.96. The topological polar surface area (TPSA) is 50.8 Å². The maximum atomic E-state index is 12.4. The van der Waals surface area contributed by atoms with Crippen molar-refractivity contribution in [2.45, 2.75) is 12.8 Å². The molecule has 5 nitrogen and oxygen atoms in total. The third-order valence-corrected chi connectivity index (χ3v) is 4.46. The lowest BCUT2D eigenvalue weighted by atomic mass is 10.1. The molecule has 1 fully saturated rings. The minimum atomic E-state index is -0.179. The first-order chi connectivity index (χ1) is 12.7. The van der Waals surface area contributed by atoms with Crippen molar-refractivity contribution < 1.29 is 14.3 Å². The van der Waals surface area contributed by atoms with Crippen molar-refractivity contribution in [2.24, 2.45) is 0 Å². The van der Waals surface area contributed by atoms with Gasteiger partial charge in [-0.1, -0.05) is 12.1 Å². The lowest BCUT2D eigenvalue weighted by Gasteiger charge is -2.21. The number of anilines is 2. The Hall–Kier alpha value is -2.95. The standard InChI is InChI=1S/C21H24N2O3/c1-25-17-10-11-20(26-2)16(15-17)9-12-21(24)22-18-7-3-4-8-19(18)23-13-5-6-14-23/h3-4,7-12,15H,5-6,13-14H2,1-2H3,(H,22,24)/b12-9+. The van der Waals surface area contributed by atoms with Gasteiger partial charge in [-0.25, -0.2) is 0 Å². The molecule has 1 heterocycles. The molecule has 5 heteroatoms. The fraction of sp³-hybridized carbons (Fsp3) is 0.286. The highest BCUT2D eigenvalue weighted by atomic mass is 16.5. The number of methoxy groups -OCH3 is 2. The number of nitrogens with one attached hydrogen (secondary N) is 1. The summed E-state index contributed by atoms with van der Waals surface area (Å²) in [5, 5.41) is 2.98. The fourth-order valence-electron chi connectivity index (χ4n) is 3.12. The first kappa shape index (κ1) is 17.9. The van der Waals surface area contributed by atoms with Gasteiger partial charge in [-0.2, -0.15) is 0 Å².